The second kappa shape index (κ2) is 14.3. The second-order valence-electron chi connectivity index (χ2n) is 11.9. The fourth-order valence-corrected chi connectivity index (χ4v) is 6.56. The van der Waals surface area contributed by atoms with Crippen molar-refractivity contribution in [3.63, 3.8) is 0 Å². The number of carbonyl (C=O) groups is 1. The van der Waals surface area contributed by atoms with Crippen LogP contribution in [0.5, 0.6) is 0 Å². The van der Waals surface area contributed by atoms with Gasteiger partial charge in [-0.3, -0.25) is 9.59 Å². The van der Waals surface area contributed by atoms with Crippen molar-refractivity contribution in [2.45, 2.75) is 72.0 Å². The summed E-state index contributed by atoms with van der Waals surface area (Å²) < 4.78 is 5.66. The fourth-order valence-electron chi connectivity index (χ4n) is 6.56. The van der Waals surface area contributed by atoms with Gasteiger partial charge in [0, 0.05) is 60.9 Å². The van der Waals surface area contributed by atoms with E-state index >= 15 is 0 Å². The highest BCUT2D eigenvalue weighted by Crippen LogP contribution is 2.35. The van der Waals surface area contributed by atoms with Crippen molar-refractivity contribution in [1.82, 2.24) is 15.2 Å². The Morgan fingerprint density at radius 1 is 1.19 bits per heavy atom. The van der Waals surface area contributed by atoms with Crippen molar-refractivity contribution in [1.29, 1.82) is 0 Å². The predicted molar refractivity (Wildman–Crippen MR) is 172 cm³/mol. The molecule has 0 radical (unpaired) electrons. The number of piperidine rings is 1. The lowest BCUT2D eigenvalue weighted by Gasteiger charge is -2.37. The number of hydrogen-bond acceptors (Lipinski definition) is 6. The topological polar surface area (TPSA) is 104 Å². The van der Waals surface area contributed by atoms with Crippen molar-refractivity contribution in [2.75, 3.05) is 44.8 Å². The normalized spacial score (nSPS) is 18.1. The molecule has 1 unspecified atom stereocenters. The zero-order valence-electron chi connectivity index (χ0n) is 26.1. The van der Waals surface area contributed by atoms with Crippen LogP contribution >= 0.6 is 0 Å². The van der Waals surface area contributed by atoms with Crippen molar-refractivity contribution in [2.24, 2.45) is 11.7 Å². The Kier molecular flexibility index (Phi) is 10.8. The maximum absolute atomic E-state index is 13.9. The smallest absolute Gasteiger partial charge is 0.253 e. The molecular formula is C34H49N5O3. The number of nitrogens with two attached hydrogens (primary N) is 1. The number of nitrogens with one attached hydrogen (secondary N) is 2. The monoisotopic (exact) mass is 575 g/mol. The van der Waals surface area contributed by atoms with Crippen LogP contribution in [-0.4, -0.2) is 67.8 Å². The van der Waals surface area contributed by atoms with Crippen LogP contribution in [0.15, 0.2) is 41.7 Å². The molecule has 3 heterocycles. The summed E-state index contributed by atoms with van der Waals surface area (Å²) in [6, 6.07) is 6.27. The number of nitrogens with zero attached hydrogens (tertiary/aromatic N) is 2. The van der Waals surface area contributed by atoms with Gasteiger partial charge in [-0.1, -0.05) is 18.7 Å². The molecule has 4 N–H and O–H groups in total. The number of aromatic nitrogens is 1. The maximum Gasteiger partial charge on any atom is 0.253 e. The van der Waals surface area contributed by atoms with E-state index in [4.69, 9.17) is 10.5 Å². The number of rotatable bonds is 10. The minimum atomic E-state index is -0.205. The summed E-state index contributed by atoms with van der Waals surface area (Å²) in [5.41, 5.74) is 13.6. The molecule has 42 heavy (non-hydrogen) atoms. The molecule has 228 valence electrons. The van der Waals surface area contributed by atoms with E-state index in [1.165, 1.54) is 0 Å². The largest absolute Gasteiger partial charge is 0.381 e. The standard InChI is InChI=1S/C34H49N5O3/c1-7-9-28(32(35)25-10-14-38(6)15-11-25)26-19-29(33(40)36-21-30-22(3)18-23(4)37-34(30)41)24(5)31(20-26)39(8-2)27-12-16-42-17-13-27/h7,9,18-20,25,27,32H,1,8,10-17,21,35H2,2-6H3,(H,36,40)(H,37,41)/b28-9-. The predicted octanol–water partition coefficient (Wildman–Crippen LogP) is 4.47. The number of benzene rings is 1. The number of hydrogen-bond donors (Lipinski definition) is 3. The Balaban J connectivity index is 1.75. The van der Waals surface area contributed by atoms with Gasteiger partial charge in [0.25, 0.3) is 11.5 Å². The van der Waals surface area contributed by atoms with Gasteiger partial charge >= 0.3 is 0 Å². The maximum atomic E-state index is 13.9. The van der Waals surface area contributed by atoms with E-state index in [2.05, 4.69) is 46.7 Å². The van der Waals surface area contributed by atoms with E-state index in [9.17, 15) is 9.59 Å². The minimum absolute atomic E-state index is 0.154. The Hall–Kier alpha value is -3.20. The van der Waals surface area contributed by atoms with Gasteiger partial charge < -0.3 is 30.6 Å². The second-order valence-corrected chi connectivity index (χ2v) is 11.9. The SMILES string of the molecule is C=C/C=C(/c1cc(C(=O)NCc2c(C)cc(C)[nH]c2=O)c(C)c(N(CC)C2CCOCC2)c1)C(N)C1CCN(C)CC1. The zero-order chi connectivity index (χ0) is 30.4. The number of aryl methyl sites for hydroxylation is 2. The molecule has 8 nitrogen and oxygen atoms in total. The molecule has 0 aliphatic carbocycles. The summed E-state index contributed by atoms with van der Waals surface area (Å²) in [6.45, 7) is 16.4. The van der Waals surface area contributed by atoms with Crippen molar-refractivity contribution >= 4 is 17.2 Å². The van der Waals surface area contributed by atoms with E-state index in [1.807, 2.05) is 39.0 Å². The number of carbonyl (C=O) groups excluding carboxylic acids is 1. The highest BCUT2D eigenvalue weighted by Gasteiger charge is 2.29. The van der Waals surface area contributed by atoms with E-state index in [0.717, 1.165) is 92.2 Å². The first-order valence-electron chi connectivity index (χ1n) is 15.4. The van der Waals surface area contributed by atoms with Crippen LogP contribution in [0.3, 0.4) is 0 Å². The molecule has 4 rings (SSSR count). The minimum Gasteiger partial charge on any atom is -0.381 e. The molecule has 1 atom stereocenters. The molecule has 2 saturated heterocycles. The lowest BCUT2D eigenvalue weighted by Crippen LogP contribution is -2.41. The first-order valence-corrected chi connectivity index (χ1v) is 15.4. The van der Waals surface area contributed by atoms with E-state index < -0.39 is 0 Å². The number of ether oxygens (including phenoxy) is 1. The highest BCUT2D eigenvalue weighted by atomic mass is 16.5. The van der Waals surface area contributed by atoms with Gasteiger partial charge in [-0.15, -0.1) is 0 Å². The summed E-state index contributed by atoms with van der Waals surface area (Å²) in [7, 11) is 2.15. The van der Waals surface area contributed by atoms with Crippen molar-refractivity contribution < 1.29 is 9.53 Å². The lowest BCUT2D eigenvalue weighted by molar-refractivity contribution is 0.0845. The van der Waals surface area contributed by atoms with Crippen LogP contribution < -0.4 is 21.5 Å². The summed E-state index contributed by atoms with van der Waals surface area (Å²) in [5, 5.41) is 3.04. The average molecular weight is 576 g/mol. The van der Waals surface area contributed by atoms with Crippen molar-refractivity contribution in [3.8, 4) is 0 Å². The number of aromatic amines is 1. The van der Waals surface area contributed by atoms with Crippen LogP contribution in [0.1, 0.15) is 70.9 Å². The molecule has 2 fully saturated rings. The van der Waals surface area contributed by atoms with Gasteiger partial charge in [0.15, 0.2) is 0 Å². The van der Waals surface area contributed by atoms with Gasteiger partial charge in [-0.2, -0.15) is 0 Å². The van der Waals surface area contributed by atoms with Gasteiger partial charge in [-0.25, -0.2) is 0 Å². The number of allylic oxidation sites excluding steroid dienone is 2. The Bertz CT molecular complexity index is 1350. The summed E-state index contributed by atoms with van der Waals surface area (Å²) in [4.78, 5) is 34.1. The van der Waals surface area contributed by atoms with Crippen LogP contribution in [0.2, 0.25) is 0 Å². The summed E-state index contributed by atoms with van der Waals surface area (Å²) in [5.74, 6) is 0.146. The molecular weight excluding hydrogens is 526 g/mol. The van der Waals surface area contributed by atoms with E-state index in [-0.39, 0.29) is 24.1 Å². The number of pyridine rings is 1. The molecule has 1 amide bonds. The Labute approximate surface area is 251 Å². The highest BCUT2D eigenvalue weighted by molar-refractivity contribution is 5.98. The number of amides is 1. The van der Waals surface area contributed by atoms with Gasteiger partial charge in [0.05, 0.1) is 0 Å². The molecule has 1 aromatic heterocycles. The number of likely N-dealkylation sites (tertiary alicyclic amines) is 1. The van der Waals surface area contributed by atoms with Crippen LogP contribution in [0.25, 0.3) is 5.57 Å². The molecule has 0 bridgehead atoms. The van der Waals surface area contributed by atoms with Gasteiger partial charge in [0.1, 0.15) is 0 Å². The fraction of sp³-hybridized carbons (Fsp3) is 0.529. The third kappa shape index (κ3) is 7.22. The number of H-pyrrole nitrogens is 1. The molecule has 2 aromatic rings. The van der Waals surface area contributed by atoms with Crippen LogP contribution in [0, 0.1) is 26.7 Å². The van der Waals surface area contributed by atoms with Crippen molar-refractivity contribution in [3.05, 3.63) is 80.8 Å². The Morgan fingerprint density at radius 2 is 1.88 bits per heavy atom. The van der Waals surface area contributed by atoms with Crippen LogP contribution in [-0.2, 0) is 11.3 Å². The Morgan fingerprint density at radius 3 is 2.50 bits per heavy atom. The quantitative estimate of drug-likeness (QED) is 0.361. The molecule has 8 heteroatoms. The molecule has 2 aliphatic heterocycles. The third-order valence-electron chi connectivity index (χ3n) is 9.09. The molecule has 1 aromatic carbocycles. The van der Waals surface area contributed by atoms with Gasteiger partial charge in [-0.05, 0) is 120 Å². The third-order valence-corrected chi connectivity index (χ3v) is 9.09. The molecule has 0 spiro atoms. The first kappa shape index (κ1) is 31.7. The first-order chi connectivity index (χ1) is 20.1. The summed E-state index contributed by atoms with van der Waals surface area (Å²) >= 11 is 0. The number of anilines is 1. The van der Waals surface area contributed by atoms with Crippen LogP contribution in [0.4, 0.5) is 5.69 Å². The van der Waals surface area contributed by atoms with E-state index in [1.54, 1.807) is 6.08 Å². The lowest BCUT2D eigenvalue weighted by atomic mass is 9.82. The zero-order valence-corrected chi connectivity index (χ0v) is 26.1. The van der Waals surface area contributed by atoms with E-state index in [0.29, 0.717) is 23.1 Å². The summed E-state index contributed by atoms with van der Waals surface area (Å²) in [6.07, 6.45) is 7.76. The molecule has 2 aliphatic rings. The average Bonchev–Trinajstić information content (AvgIpc) is 2.97. The van der Waals surface area contributed by atoms with Gasteiger partial charge in [0.2, 0.25) is 0 Å². The molecule has 0 saturated carbocycles.